The maximum atomic E-state index is 5.65. The van der Waals surface area contributed by atoms with Gasteiger partial charge < -0.3 is 11.2 Å². The molecule has 0 aliphatic heterocycles. The van der Waals surface area contributed by atoms with Crippen molar-refractivity contribution in [2.24, 2.45) is 11.6 Å². The van der Waals surface area contributed by atoms with Crippen molar-refractivity contribution in [3.05, 3.63) is 47.8 Å². The van der Waals surface area contributed by atoms with Crippen LogP contribution in [0, 0.1) is 0 Å². The minimum absolute atomic E-state index is 0.770. The van der Waals surface area contributed by atoms with Crippen molar-refractivity contribution in [3.8, 4) is 0 Å². The second kappa shape index (κ2) is 5.22. The molecule has 13 heavy (non-hydrogen) atoms. The molecule has 0 radical (unpaired) electrons. The summed E-state index contributed by atoms with van der Waals surface area (Å²) in [6.45, 7) is 0. The lowest BCUT2D eigenvalue weighted by atomic mass is 10.1. The Hall–Kier alpha value is -1.48. The van der Waals surface area contributed by atoms with Crippen molar-refractivity contribution < 1.29 is 0 Å². The number of hydrogen-bond acceptors (Lipinski definition) is 3. The fraction of sp³-hybridized carbons (Fsp3) is 0.200. The predicted octanol–water partition coefficient (Wildman–Crippen LogP) is 0.883. The van der Waals surface area contributed by atoms with E-state index in [1.54, 1.807) is 6.20 Å². The van der Waals surface area contributed by atoms with E-state index in [4.69, 9.17) is 11.6 Å². The lowest BCUT2D eigenvalue weighted by Crippen LogP contribution is -2.16. The predicted molar refractivity (Wildman–Crippen MR) is 54.4 cm³/mol. The van der Waals surface area contributed by atoms with Crippen molar-refractivity contribution in [2.75, 3.05) is 0 Å². The van der Waals surface area contributed by atoms with Crippen molar-refractivity contribution >= 4 is 0 Å². The molecule has 0 bridgehead atoms. The highest BCUT2D eigenvalue weighted by Crippen LogP contribution is 2.04. The highest BCUT2D eigenvalue weighted by Gasteiger charge is 1.93. The van der Waals surface area contributed by atoms with Gasteiger partial charge in [-0.2, -0.15) is 0 Å². The summed E-state index contributed by atoms with van der Waals surface area (Å²) in [5, 5.41) is 0. The van der Waals surface area contributed by atoms with E-state index in [0.717, 1.165) is 18.5 Å². The minimum atomic E-state index is 0.770. The molecule has 1 aromatic carbocycles. The Morgan fingerprint density at radius 1 is 1.31 bits per heavy atom. The zero-order chi connectivity index (χ0) is 9.52. The monoisotopic (exact) mass is 177 g/mol. The summed E-state index contributed by atoms with van der Waals surface area (Å²) < 4.78 is 0. The third-order valence-corrected chi connectivity index (χ3v) is 1.81. The summed E-state index contributed by atoms with van der Waals surface area (Å²) >= 11 is 0. The highest BCUT2D eigenvalue weighted by molar-refractivity contribution is 5.16. The van der Waals surface area contributed by atoms with Crippen molar-refractivity contribution in [1.29, 1.82) is 0 Å². The van der Waals surface area contributed by atoms with Crippen LogP contribution in [0.2, 0.25) is 0 Å². The molecule has 70 valence electrons. The Balaban J connectivity index is 2.39. The molecule has 0 aromatic heterocycles. The molecule has 5 N–H and O–H groups in total. The van der Waals surface area contributed by atoms with E-state index in [2.05, 4.69) is 17.6 Å². The molecule has 0 saturated heterocycles. The van der Waals surface area contributed by atoms with Crippen LogP contribution >= 0.6 is 0 Å². The smallest absolute Gasteiger partial charge is 0.0310 e. The van der Waals surface area contributed by atoms with Crippen molar-refractivity contribution in [3.63, 3.8) is 0 Å². The van der Waals surface area contributed by atoms with E-state index in [1.165, 1.54) is 5.56 Å². The molecule has 1 aromatic rings. The molecule has 0 atom stereocenters. The number of hydrazine groups is 1. The largest absolute Gasteiger partial charge is 0.401 e. The van der Waals surface area contributed by atoms with Gasteiger partial charge >= 0.3 is 0 Å². The Kier molecular flexibility index (Phi) is 3.85. The SMILES string of the molecule is NN/C=C(\N)CCc1ccccc1. The topological polar surface area (TPSA) is 64.1 Å². The number of aryl methyl sites for hydroxylation is 1. The molecule has 0 aliphatic rings. The maximum Gasteiger partial charge on any atom is 0.0310 e. The van der Waals surface area contributed by atoms with Gasteiger partial charge in [-0.3, -0.25) is 5.84 Å². The van der Waals surface area contributed by atoms with Gasteiger partial charge in [0, 0.05) is 11.9 Å². The number of nitrogens with one attached hydrogen (secondary N) is 1. The summed E-state index contributed by atoms with van der Waals surface area (Å²) in [5.74, 6) is 5.09. The van der Waals surface area contributed by atoms with E-state index >= 15 is 0 Å². The van der Waals surface area contributed by atoms with Gasteiger partial charge in [-0.1, -0.05) is 30.3 Å². The molecule has 0 saturated carbocycles. The van der Waals surface area contributed by atoms with Crippen LogP contribution in [0.1, 0.15) is 12.0 Å². The zero-order valence-electron chi connectivity index (χ0n) is 7.53. The van der Waals surface area contributed by atoms with Crippen molar-refractivity contribution in [1.82, 2.24) is 5.43 Å². The van der Waals surface area contributed by atoms with Gasteiger partial charge in [-0.05, 0) is 18.4 Å². The molecule has 3 nitrogen and oxygen atoms in total. The van der Waals surface area contributed by atoms with Gasteiger partial charge in [0.15, 0.2) is 0 Å². The van der Waals surface area contributed by atoms with Gasteiger partial charge in [-0.25, -0.2) is 0 Å². The first kappa shape index (κ1) is 9.61. The highest BCUT2D eigenvalue weighted by atomic mass is 15.2. The Morgan fingerprint density at radius 2 is 2.00 bits per heavy atom. The molecule has 0 aliphatic carbocycles. The average Bonchev–Trinajstić information content (AvgIpc) is 2.17. The number of rotatable bonds is 4. The normalized spacial score (nSPS) is 11.3. The second-order valence-electron chi connectivity index (χ2n) is 2.87. The van der Waals surface area contributed by atoms with Crippen LogP contribution in [0.15, 0.2) is 42.2 Å². The third-order valence-electron chi connectivity index (χ3n) is 1.81. The lowest BCUT2D eigenvalue weighted by Gasteiger charge is -2.01. The molecular weight excluding hydrogens is 162 g/mol. The van der Waals surface area contributed by atoms with Crippen LogP contribution in [0.3, 0.4) is 0 Å². The van der Waals surface area contributed by atoms with E-state index < -0.39 is 0 Å². The average molecular weight is 177 g/mol. The van der Waals surface area contributed by atoms with Gasteiger partial charge in [0.05, 0.1) is 0 Å². The fourth-order valence-corrected chi connectivity index (χ4v) is 1.11. The van der Waals surface area contributed by atoms with Gasteiger partial charge in [0.2, 0.25) is 0 Å². The summed E-state index contributed by atoms with van der Waals surface area (Å²) in [6.07, 6.45) is 3.39. The van der Waals surface area contributed by atoms with Crippen LogP contribution in [-0.4, -0.2) is 0 Å². The van der Waals surface area contributed by atoms with Crippen LogP contribution in [0.4, 0.5) is 0 Å². The van der Waals surface area contributed by atoms with Crippen LogP contribution in [-0.2, 0) is 6.42 Å². The van der Waals surface area contributed by atoms with Crippen LogP contribution in [0.25, 0.3) is 0 Å². The number of hydrogen-bond donors (Lipinski definition) is 3. The molecule has 0 amide bonds. The minimum Gasteiger partial charge on any atom is -0.401 e. The first-order chi connectivity index (χ1) is 6.33. The molecule has 0 heterocycles. The van der Waals surface area contributed by atoms with E-state index in [1.807, 2.05) is 18.2 Å². The first-order valence-corrected chi connectivity index (χ1v) is 4.27. The molecule has 0 fully saturated rings. The summed E-state index contributed by atoms with van der Waals surface area (Å²) in [6, 6.07) is 10.2. The summed E-state index contributed by atoms with van der Waals surface area (Å²) in [5.41, 5.74) is 10.1. The number of nitrogens with two attached hydrogens (primary N) is 2. The lowest BCUT2D eigenvalue weighted by molar-refractivity contribution is 0.875. The molecule has 3 heteroatoms. The molecular formula is C10H15N3. The van der Waals surface area contributed by atoms with E-state index in [9.17, 15) is 0 Å². The van der Waals surface area contributed by atoms with Gasteiger partial charge in [0.1, 0.15) is 0 Å². The Bertz CT molecular complexity index is 267. The molecule has 0 unspecified atom stereocenters. The molecule has 0 spiro atoms. The fourth-order valence-electron chi connectivity index (χ4n) is 1.11. The first-order valence-electron chi connectivity index (χ1n) is 4.27. The summed E-state index contributed by atoms with van der Waals surface area (Å²) in [7, 11) is 0. The van der Waals surface area contributed by atoms with E-state index in [-0.39, 0.29) is 0 Å². The van der Waals surface area contributed by atoms with Gasteiger partial charge in [-0.15, -0.1) is 0 Å². The third kappa shape index (κ3) is 3.62. The van der Waals surface area contributed by atoms with Crippen molar-refractivity contribution in [2.45, 2.75) is 12.8 Å². The zero-order valence-corrected chi connectivity index (χ0v) is 7.53. The van der Waals surface area contributed by atoms with Crippen LogP contribution in [0.5, 0.6) is 0 Å². The van der Waals surface area contributed by atoms with E-state index in [0.29, 0.717) is 0 Å². The number of benzene rings is 1. The molecule has 1 rings (SSSR count). The quantitative estimate of drug-likeness (QED) is 0.472. The Morgan fingerprint density at radius 3 is 2.62 bits per heavy atom. The number of allylic oxidation sites excluding steroid dienone is 1. The maximum absolute atomic E-state index is 5.65. The van der Waals surface area contributed by atoms with Crippen LogP contribution < -0.4 is 17.0 Å². The summed E-state index contributed by atoms with van der Waals surface area (Å²) in [4.78, 5) is 0. The Labute approximate surface area is 78.4 Å². The van der Waals surface area contributed by atoms with Gasteiger partial charge in [0.25, 0.3) is 0 Å². The second-order valence-corrected chi connectivity index (χ2v) is 2.87. The standard InChI is InChI=1S/C10H15N3/c11-10(8-13-12)7-6-9-4-2-1-3-5-9/h1-5,8,13H,6-7,11-12H2/b10-8-.